The van der Waals surface area contributed by atoms with E-state index in [-0.39, 0.29) is 55.8 Å². The van der Waals surface area contributed by atoms with Gasteiger partial charge in [0.25, 0.3) is 11.8 Å². The maximum atomic E-state index is 13.7. The molecular weight excluding hydrogens is 586 g/mol. The van der Waals surface area contributed by atoms with Crippen LogP contribution < -0.4 is 32.8 Å². The van der Waals surface area contributed by atoms with E-state index in [4.69, 9.17) is 11.6 Å². The van der Waals surface area contributed by atoms with Gasteiger partial charge in [0.2, 0.25) is 0 Å². The number of unbranched alkanes of at least 4 members (excludes halogenated alkanes) is 1. The Labute approximate surface area is 235 Å². The molecule has 0 spiro atoms. The van der Waals surface area contributed by atoms with Gasteiger partial charge in [-0.2, -0.15) is 8.42 Å². The first-order chi connectivity index (χ1) is 19.3. The predicted octanol–water partition coefficient (Wildman–Crippen LogP) is -1.74. The Hall–Kier alpha value is -4.30. The molecule has 0 bridgehead atoms. The summed E-state index contributed by atoms with van der Waals surface area (Å²) in [6, 6.07) is -1.53. The number of fused-ring (bicyclic) bond motifs is 1. The Morgan fingerprint density at radius 1 is 1.29 bits per heavy atom. The van der Waals surface area contributed by atoms with Crippen LogP contribution in [0.4, 0.5) is 10.8 Å². The first kappa shape index (κ1) is 29.7. The average molecular weight is 612 g/mol. The standard InChI is InChI=1S/C22H25N7O10S2/c1-8-15(20(33)29(8)41(36,37)38)28-19(32)13(11-7-40-22(23)27-11)14-16-10(6-12(30)18(14)31)26-17(21(34)35)9(25-16)4-2-3-5-39-24/h6-8,15,26,30-31H,2-5,24H2,1H3,(H2,23,27)(H,28,32)(H,34,35)(H,36,37,38). The van der Waals surface area contributed by atoms with E-state index in [1.807, 2.05) is 0 Å². The van der Waals surface area contributed by atoms with Crippen LogP contribution in [0, 0.1) is 0 Å². The molecule has 17 nitrogen and oxygen atoms in total. The zero-order valence-corrected chi connectivity index (χ0v) is 22.8. The minimum atomic E-state index is -4.87. The van der Waals surface area contributed by atoms with Gasteiger partial charge in [-0.05, 0) is 26.2 Å². The fourth-order valence-corrected chi connectivity index (χ4v) is 5.84. The number of phenolic OH excluding ortho intramolecular Hbond substituents is 2. The molecule has 220 valence electrons. The molecule has 2 amide bonds. The van der Waals surface area contributed by atoms with Gasteiger partial charge in [-0.1, -0.05) is 0 Å². The number of phenols is 2. The number of carboxylic acids is 1. The zero-order valence-electron chi connectivity index (χ0n) is 21.2. The lowest BCUT2D eigenvalue weighted by molar-refractivity contribution is -0.144. The number of nitrogens with two attached hydrogens (primary N) is 2. The molecule has 2 unspecified atom stereocenters. The van der Waals surface area contributed by atoms with Gasteiger partial charge in [-0.25, -0.2) is 25.0 Å². The number of anilines is 2. The summed E-state index contributed by atoms with van der Waals surface area (Å²) in [5, 5.41) is 37.1. The number of nitrogen functional groups attached to an aromatic ring is 1. The lowest BCUT2D eigenvalue weighted by Crippen LogP contribution is -2.70. The Balaban J connectivity index is 1.93. The Morgan fingerprint density at radius 3 is 2.56 bits per heavy atom. The number of hydrogen-bond donors (Lipinski definition) is 8. The van der Waals surface area contributed by atoms with Crippen LogP contribution in [0.5, 0.6) is 11.5 Å². The molecule has 1 aromatic heterocycles. The fraction of sp³-hybridized carbons (Fsp3) is 0.318. The topological polar surface area (TPSA) is 280 Å². The van der Waals surface area contributed by atoms with Crippen molar-refractivity contribution < 1.29 is 47.5 Å². The van der Waals surface area contributed by atoms with Crippen LogP contribution in [0.2, 0.25) is 0 Å². The number of β-lactam (4-membered cyclic amide) rings is 1. The summed E-state index contributed by atoms with van der Waals surface area (Å²) >= 11 is 0.935. The van der Waals surface area contributed by atoms with Gasteiger partial charge in [0.05, 0.1) is 45.9 Å². The average Bonchev–Trinajstić information content (AvgIpc) is 3.32. The summed E-state index contributed by atoms with van der Waals surface area (Å²) in [6.45, 7) is 1.48. The molecule has 19 heteroatoms. The third-order valence-electron chi connectivity index (χ3n) is 6.31. The highest BCUT2D eigenvalue weighted by Crippen LogP contribution is 2.29. The van der Waals surface area contributed by atoms with E-state index in [0.29, 0.717) is 12.8 Å². The number of aromatic nitrogens is 1. The van der Waals surface area contributed by atoms with Gasteiger partial charge in [-0.3, -0.25) is 14.1 Å². The molecule has 2 aliphatic rings. The van der Waals surface area contributed by atoms with Crippen LogP contribution in [-0.2, 0) is 29.5 Å². The second kappa shape index (κ2) is 11.3. The Kier molecular flexibility index (Phi) is 8.17. The quantitative estimate of drug-likeness (QED) is 0.0370. The zero-order chi connectivity index (χ0) is 30.2. The van der Waals surface area contributed by atoms with Crippen molar-refractivity contribution in [2.75, 3.05) is 17.7 Å². The van der Waals surface area contributed by atoms with Crippen molar-refractivity contribution in [1.82, 2.24) is 14.6 Å². The van der Waals surface area contributed by atoms with Crippen molar-refractivity contribution in [3.63, 3.8) is 0 Å². The molecule has 10 N–H and O–H groups in total. The number of amides is 2. The molecule has 1 aromatic carbocycles. The summed E-state index contributed by atoms with van der Waals surface area (Å²) < 4.78 is 32.4. The molecule has 1 fully saturated rings. The largest absolute Gasteiger partial charge is 0.504 e. The van der Waals surface area contributed by atoms with Gasteiger partial charge in [0.15, 0.2) is 16.6 Å². The number of rotatable bonds is 10. The third-order valence-corrected chi connectivity index (χ3v) is 8.00. The van der Waals surface area contributed by atoms with Gasteiger partial charge in [-0.15, -0.1) is 11.3 Å². The molecule has 2 atom stereocenters. The van der Waals surface area contributed by atoms with E-state index in [9.17, 15) is 42.7 Å². The van der Waals surface area contributed by atoms with Gasteiger partial charge >= 0.3 is 16.3 Å². The highest BCUT2D eigenvalue weighted by Gasteiger charge is 2.51. The maximum Gasteiger partial charge on any atom is 0.362 e. The maximum absolute atomic E-state index is 13.7. The number of carbonyl (C=O) groups is 3. The number of carbonyl (C=O) groups excluding carboxylic acids is 2. The van der Waals surface area contributed by atoms with Crippen molar-refractivity contribution in [2.45, 2.75) is 38.3 Å². The minimum Gasteiger partial charge on any atom is -0.504 e. The molecule has 0 aliphatic carbocycles. The number of hydrogen-bond acceptors (Lipinski definition) is 14. The smallest absolute Gasteiger partial charge is 0.362 e. The molecule has 1 saturated heterocycles. The van der Waals surface area contributed by atoms with E-state index in [0.717, 1.165) is 17.4 Å². The first-order valence-electron chi connectivity index (χ1n) is 11.8. The monoisotopic (exact) mass is 611 g/mol. The number of aromatic hydroxyl groups is 2. The fourth-order valence-electron chi connectivity index (χ4n) is 4.41. The van der Waals surface area contributed by atoms with E-state index < -0.39 is 57.2 Å². The van der Waals surface area contributed by atoms with Gasteiger partial charge in [0.1, 0.15) is 11.7 Å². The van der Waals surface area contributed by atoms with Crippen LogP contribution in [0.15, 0.2) is 27.8 Å². The minimum absolute atomic E-state index is 0.0235. The van der Waals surface area contributed by atoms with E-state index >= 15 is 0 Å². The number of nitrogens with zero attached hydrogens (tertiary/aromatic N) is 3. The predicted molar refractivity (Wildman–Crippen MR) is 142 cm³/mol. The number of allylic oxidation sites excluding steroid dienone is 1. The molecule has 2 aromatic rings. The summed E-state index contributed by atoms with van der Waals surface area (Å²) in [5.41, 5.74) is 4.95. The molecule has 3 heterocycles. The number of aliphatic carboxylic acids is 1. The summed E-state index contributed by atoms with van der Waals surface area (Å²) in [6.07, 6.45) is 1.01. The molecule has 41 heavy (non-hydrogen) atoms. The molecule has 4 rings (SSSR count). The van der Waals surface area contributed by atoms with Gasteiger partial charge in [0, 0.05) is 11.4 Å². The van der Waals surface area contributed by atoms with Crippen LogP contribution in [0.1, 0.15) is 31.9 Å². The molecule has 2 aliphatic heterocycles. The highest BCUT2D eigenvalue weighted by molar-refractivity contribution is 7.84. The second-order valence-corrected chi connectivity index (χ2v) is 11.1. The number of nitrogens with one attached hydrogen (secondary N) is 2. The number of thiazole rings is 1. The summed E-state index contributed by atoms with van der Waals surface area (Å²) in [4.78, 5) is 51.1. The Morgan fingerprint density at radius 2 is 2.00 bits per heavy atom. The van der Waals surface area contributed by atoms with Crippen molar-refractivity contribution in [3.05, 3.63) is 39.1 Å². The molecule has 0 saturated carbocycles. The molecule has 0 radical (unpaired) electrons. The molecular formula is C22H25N7O10S2. The van der Waals surface area contributed by atoms with E-state index in [1.54, 1.807) is 0 Å². The lowest BCUT2D eigenvalue weighted by Gasteiger charge is -2.42. The highest BCUT2D eigenvalue weighted by atomic mass is 32.2. The number of carboxylic acid groups (broad SMARTS) is 1. The van der Waals surface area contributed by atoms with E-state index in [2.05, 4.69) is 25.4 Å². The number of benzene rings is 1. The van der Waals surface area contributed by atoms with Crippen LogP contribution in [-0.4, -0.2) is 74.1 Å². The van der Waals surface area contributed by atoms with Crippen LogP contribution >= 0.6 is 11.3 Å². The van der Waals surface area contributed by atoms with Crippen LogP contribution in [0.25, 0.3) is 5.57 Å². The van der Waals surface area contributed by atoms with Crippen molar-refractivity contribution in [1.29, 1.82) is 0 Å². The van der Waals surface area contributed by atoms with Crippen molar-refractivity contribution in [3.8, 4) is 11.5 Å². The Bertz CT molecular complexity index is 1700. The lowest BCUT2D eigenvalue weighted by atomic mass is 9.99. The second-order valence-electron chi connectivity index (χ2n) is 8.96. The van der Waals surface area contributed by atoms with Crippen molar-refractivity contribution >= 4 is 55.8 Å². The van der Waals surface area contributed by atoms with Gasteiger partial charge < -0.3 is 36.5 Å². The summed E-state index contributed by atoms with van der Waals surface area (Å²) in [7, 11) is -4.87. The SMILES string of the molecule is CC1C(NC(=O)C(c2csc(N)n2)=c2c(O)c(O)cc3c2=NC(CCCCON)=C(C(=O)O)N3)C(=O)N1S(=O)(=O)O. The first-order valence-corrected chi connectivity index (χ1v) is 14.1. The normalized spacial score (nSPS) is 19.1. The van der Waals surface area contributed by atoms with E-state index in [1.165, 1.54) is 12.3 Å². The summed E-state index contributed by atoms with van der Waals surface area (Å²) in [5.74, 6) is -0.0227. The van der Waals surface area contributed by atoms with Crippen molar-refractivity contribution in [2.24, 2.45) is 10.9 Å². The third kappa shape index (κ3) is 5.65. The van der Waals surface area contributed by atoms with Crippen LogP contribution in [0.3, 0.4) is 0 Å².